The second-order valence-electron chi connectivity index (χ2n) is 9.94. The maximum absolute atomic E-state index is 12.2. The minimum absolute atomic E-state index is 0.0943. The van der Waals surface area contributed by atoms with E-state index in [1.54, 1.807) is 0 Å². The maximum Gasteiger partial charge on any atom is 0.472 e. The van der Waals surface area contributed by atoms with Gasteiger partial charge in [-0.05, 0) is 6.42 Å². The number of quaternary nitrogens is 1. The summed E-state index contributed by atoms with van der Waals surface area (Å²) < 4.78 is 28.8. The van der Waals surface area contributed by atoms with Gasteiger partial charge in [-0.1, -0.05) is 77.6 Å². The Hall–Kier alpha value is -0.500. The van der Waals surface area contributed by atoms with E-state index in [0.717, 1.165) is 12.8 Å². The van der Waals surface area contributed by atoms with E-state index in [9.17, 15) is 14.3 Å². The molecule has 0 radical (unpaired) electrons. The summed E-state index contributed by atoms with van der Waals surface area (Å²) in [7, 11) is 1.68. The molecule has 0 rings (SSSR count). The Kier molecular flexibility index (Phi) is 19.5. The summed E-state index contributed by atoms with van der Waals surface area (Å²) in [5, 5.41) is 2.61. The van der Waals surface area contributed by atoms with Gasteiger partial charge in [-0.15, -0.1) is 0 Å². The van der Waals surface area contributed by atoms with E-state index in [-0.39, 0.29) is 25.7 Å². The third-order valence-corrected chi connectivity index (χ3v) is 6.40. The van der Waals surface area contributed by atoms with Crippen LogP contribution < -0.4 is 5.32 Å². The highest BCUT2D eigenvalue weighted by Gasteiger charge is 2.28. The smallest absolute Gasteiger partial charge is 0.379 e. The molecule has 0 bridgehead atoms. The van der Waals surface area contributed by atoms with Gasteiger partial charge in [-0.2, -0.15) is 0 Å². The van der Waals surface area contributed by atoms with Crippen molar-refractivity contribution in [2.45, 2.75) is 97.0 Å². The minimum Gasteiger partial charge on any atom is -0.379 e. The summed E-state index contributed by atoms with van der Waals surface area (Å²) in [6.45, 7) is 5.10. The number of hydrogen-bond donors (Lipinski definition) is 2. The third-order valence-electron chi connectivity index (χ3n) is 5.32. The first-order valence-electron chi connectivity index (χ1n) is 12.8. The number of carbonyl (C=O) groups excluding carboxylic acids is 1. The van der Waals surface area contributed by atoms with Crippen molar-refractivity contribution in [1.82, 2.24) is 5.32 Å². The summed E-state index contributed by atoms with van der Waals surface area (Å²) in [6, 6.07) is 0. The molecule has 2 atom stereocenters. The number of nitrogens with one attached hydrogen (secondary N) is 1. The van der Waals surface area contributed by atoms with Crippen molar-refractivity contribution in [2.75, 3.05) is 54.1 Å². The molecular weight excluding hydrogens is 443 g/mol. The van der Waals surface area contributed by atoms with Gasteiger partial charge in [0.05, 0.1) is 27.7 Å². The summed E-state index contributed by atoms with van der Waals surface area (Å²) in [4.78, 5) is 21.2. The first-order valence-corrected chi connectivity index (χ1v) is 14.3. The van der Waals surface area contributed by atoms with Crippen LogP contribution in [0.2, 0.25) is 0 Å². The summed E-state index contributed by atoms with van der Waals surface area (Å²) in [5.74, 6) is -0.233. The minimum atomic E-state index is -4.22. The molecule has 0 saturated carbocycles. The van der Waals surface area contributed by atoms with Crippen molar-refractivity contribution in [3.63, 3.8) is 0 Å². The van der Waals surface area contributed by atoms with Gasteiger partial charge in [-0.3, -0.25) is 13.8 Å². The number of carbonyl (C=O) groups is 1. The van der Waals surface area contributed by atoms with E-state index in [2.05, 4.69) is 12.2 Å². The van der Waals surface area contributed by atoms with Crippen molar-refractivity contribution >= 4 is 13.7 Å². The topological polar surface area (TPSA) is 94.1 Å². The number of rotatable bonds is 23. The zero-order chi connectivity index (χ0) is 25.0. The molecule has 0 aromatic rings. The van der Waals surface area contributed by atoms with E-state index in [4.69, 9.17) is 13.8 Å². The molecule has 0 aromatic carbocycles. The van der Waals surface area contributed by atoms with Gasteiger partial charge in [0, 0.05) is 20.1 Å². The highest BCUT2D eigenvalue weighted by Crippen LogP contribution is 2.44. The first kappa shape index (κ1) is 32.5. The molecule has 2 unspecified atom stereocenters. The number of likely N-dealkylation sites (N-methyl/N-ethyl adjacent to an activating group) is 1. The van der Waals surface area contributed by atoms with Crippen molar-refractivity contribution in [3.05, 3.63) is 0 Å². The van der Waals surface area contributed by atoms with Crippen LogP contribution in [0, 0.1) is 0 Å². The van der Waals surface area contributed by atoms with E-state index in [1.165, 1.54) is 71.1 Å². The lowest BCUT2D eigenvalue weighted by Gasteiger charge is -2.25. The molecular formula is C24H52N2O6P+. The molecule has 8 nitrogen and oxygen atoms in total. The van der Waals surface area contributed by atoms with Crippen LogP contribution in [0.3, 0.4) is 0 Å². The van der Waals surface area contributed by atoms with Crippen molar-refractivity contribution in [3.8, 4) is 0 Å². The Morgan fingerprint density at radius 2 is 1.42 bits per heavy atom. The molecule has 0 spiro atoms. The Bertz CT molecular complexity index is 528. The third kappa shape index (κ3) is 24.4. The standard InChI is InChI=1S/C24H51N2O6P/c1-6-7-8-9-10-11-12-13-14-15-16-17-19-30-22-24(21-25-23(2)27)32-33(28,29)31-20-18-26(3,4)5/h24H,6-22H2,1-5H3,(H-,25,27,28,29)/p+1. The number of ether oxygens (including phenoxy) is 1. The van der Waals surface area contributed by atoms with Gasteiger partial charge in [0.15, 0.2) is 0 Å². The molecule has 0 saturated heterocycles. The Labute approximate surface area is 202 Å². The predicted octanol–water partition coefficient (Wildman–Crippen LogP) is 5.05. The molecule has 1 amide bonds. The first-order chi connectivity index (χ1) is 15.6. The van der Waals surface area contributed by atoms with Crippen LogP contribution in [-0.2, 0) is 23.1 Å². The van der Waals surface area contributed by atoms with E-state index < -0.39 is 13.9 Å². The van der Waals surface area contributed by atoms with E-state index >= 15 is 0 Å². The van der Waals surface area contributed by atoms with Gasteiger partial charge >= 0.3 is 7.82 Å². The molecule has 0 aliphatic rings. The van der Waals surface area contributed by atoms with E-state index in [0.29, 0.717) is 17.6 Å². The Morgan fingerprint density at radius 3 is 1.91 bits per heavy atom. The average molecular weight is 496 g/mol. The molecule has 0 aliphatic carbocycles. The average Bonchev–Trinajstić information content (AvgIpc) is 2.70. The normalized spacial score (nSPS) is 14.7. The fourth-order valence-electron chi connectivity index (χ4n) is 3.29. The summed E-state index contributed by atoms with van der Waals surface area (Å²) >= 11 is 0. The van der Waals surface area contributed by atoms with Crippen molar-refractivity contribution < 1.29 is 32.5 Å². The van der Waals surface area contributed by atoms with Crippen molar-refractivity contribution in [2.24, 2.45) is 0 Å². The fourth-order valence-corrected chi connectivity index (χ4v) is 4.18. The van der Waals surface area contributed by atoms with Gasteiger partial charge in [0.1, 0.15) is 19.3 Å². The van der Waals surface area contributed by atoms with Crippen LogP contribution >= 0.6 is 7.82 Å². The number of amides is 1. The van der Waals surface area contributed by atoms with Crippen LogP contribution in [0.15, 0.2) is 0 Å². The van der Waals surface area contributed by atoms with Gasteiger partial charge in [0.2, 0.25) is 5.91 Å². The second kappa shape index (κ2) is 19.8. The van der Waals surface area contributed by atoms with E-state index in [1.807, 2.05) is 21.1 Å². The lowest BCUT2D eigenvalue weighted by molar-refractivity contribution is -0.870. The number of hydrogen-bond acceptors (Lipinski definition) is 5. The monoisotopic (exact) mass is 495 g/mol. The highest BCUT2D eigenvalue weighted by atomic mass is 31.2. The van der Waals surface area contributed by atoms with Gasteiger partial charge in [-0.25, -0.2) is 4.57 Å². The lowest BCUT2D eigenvalue weighted by Crippen LogP contribution is -2.38. The maximum atomic E-state index is 12.2. The lowest BCUT2D eigenvalue weighted by atomic mass is 10.1. The fraction of sp³-hybridized carbons (Fsp3) is 0.958. The van der Waals surface area contributed by atoms with Crippen molar-refractivity contribution in [1.29, 1.82) is 0 Å². The largest absolute Gasteiger partial charge is 0.472 e. The second-order valence-corrected chi connectivity index (χ2v) is 11.4. The zero-order valence-corrected chi connectivity index (χ0v) is 22.9. The molecule has 0 aromatic heterocycles. The number of phosphoric ester groups is 1. The molecule has 0 heterocycles. The van der Waals surface area contributed by atoms with Crippen LogP contribution in [0.5, 0.6) is 0 Å². The molecule has 2 N–H and O–H groups in total. The predicted molar refractivity (Wildman–Crippen MR) is 134 cm³/mol. The molecule has 198 valence electrons. The highest BCUT2D eigenvalue weighted by molar-refractivity contribution is 7.47. The van der Waals surface area contributed by atoms with Gasteiger partial charge in [0.25, 0.3) is 0 Å². The molecule has 0 fully saturated rings. The number of phosphoric acid groups is 1. The molecule has 0 aliphatic heterocycles. The molecule has 33 heavy (non-hydrogen) atoms. The van der Waals surface area contributed by atoms with Gasteiger partial charge < -0.3 is 19.4 Å². The Balaban J connectivity index is 3.95. The SMILES string of the molecule is CCCCCCCCCCCCCCOCC(CNC(C)=O)OP(=O)(O)OCC[N+](C)(C)C. The zero-order valence-electron chi connectivity index (χ0n) is 22.0. The summed E-state index contributed by atoms with van der Waals surface area (Å²) in [6.07, 6.45) is 14.6. The number of unbranched alkanes of at least 4 members (excludes halogenated alkanes) is 11. The number of nitrogens with zero attached hydrogens (tertiary/aromatic N) is 1. The van der Waals surface area contributed by atoms with Crippen LogP contribution in [0.25, 0.3) is 0 Å². The summed E-state index contributed by atoms with van der Waals surface area (Å²) in [5.41, 5.74) is 0. The quantitative estimate of drug-likeness (QED) is 0.117. The van der Waals surface area contributed by atoms with Crippen LogP contribution in [-0.4, -0.2) is 75.4 Å². The van der Waals surface area contributed by atoms with Crippen LogP contribution in [0.4, 0.5) is 0 Å². The van der Waals surface area contributed by atoms with Crippen LogP contribution in [0.1, 0.15) is 90.9 Å². The Morgan fingerprint density at radius 1 is 0.909 bits per heavy atom. The molecule has 9 heteroatoms.